The molecule has 0 saturated carbocycles. The number of carbonyl (C=O) groups excluding carboxylic acids is 1. The minimum absolute atomic E-state index is 0.300. The average molecular weight is 267 g/mol. The molecule has 0 saturated heterocycles. The number of para-hydroxylation sites is 1. The Bertz CT molecular complexity index is 413. The zero-order chi connectivity index (χ0) is 13.8. The summed E-state index contributed by atoms with van der Waals surface area (Å²) in [6.45, 7) is 7.62. The molecule has 0 aliphatic heterocycles. The molecule has 0 bridgehead atoms. The van der Waals surface area contributed by atoms with Crippen molar-refractivity contribution in [2.24, 2.45) is 0 Å². The van der Waals surface area contributed by atoms with Gasteiger partial charge in [0.15, 0.2) is 0 Å². The Morgan fingerprint density at radius 1 is 1.33 bits per heavy atom. The number of amides is 1. The van der Waals surface area contributed by atoms with Gasteiger partial charge in [0.2, 0.25) is 0 Å². The molecule has 0 aliphatic carbocycles. The molecule has 0 radical (unpaired) electrons. The monoisotopic (exact) mass is 267 g/mol. The first-order valence-corrected chi connectivity index (χ1v) is 7.29. The van der Waals surface area contributed by atoms with E-state index in [0.717, 1.165) is 11.3 Å². The van der Waals surface area contributed by atoms with Crippen molar-refractivity contribution >= 4 is 23.5 Å². The minimum Gasteiger partial charge on any atom is -0.443 e. The lowest BCUT2D eigenvalue weighted by molar-refractivity contribution is 0.0587. The van der Waals surface area contributed by atoms with Crippen LogP contribution in [0, 0.1) is 6.92 Å². The highest BCUT2D eigenvalue weighted by molar-refractivity contribution is 7.98. The molecule has 0 aromatic heterocycles. The maximum absolute atomic E-state index is 12.2. The minimum atomic E-state index is -0.476. The number of aryl methyl sites for hydroxylation is 1. The first-order valence-electron chi connectivity index (χ1n) is 5.90. The van der Waals surface area contributed by atoms with E-state index < -0.39 is 5.60 Å². The van der Waals surface area contributed by atoms with E-state index in [9.17, 15) is 4.79 Å². The third-order valence-corrected chi connectivity index (χ3v) is 2.79. The van der Waals surface area contributed by atoms with Gasteiger partial charge >= 0.3 is 6.09 Å². The maximum Gasteiger partial charge on any atom is 0.415 e. The van der Waals surface area contributed by atoms with Crippen molar-refractivity contribution in [3.63, 3.8) is 0 Å². The van der Waals surface area contributed by atoms with E-state index in [1.165, 1.54) is 0 Å². The third-order valence-electron chi connectivity index (χ3n) is 2.28. The fourth-order valence-electron chi connectivity index (χ4n) is 1.53. The second kappa shape index (κ2) is 6.14. The lowest BCUT2D eigenvalue weighted by Gasteiger charge is -2.27. The van der Waals surface area contributed by atoms with Crippen molar-refractivity contribution in [1.29, 1.82) is 0 Å². The van der Waals surface area contributed by atoms with E-state index in [1.54, 1.807) is 16.7 Å². The third kappa shape index (κ3) is 4.26. The zero-order valence-electron chi connectivity index (χ0n) is 11.7. The summed E-state index contributed by atoms with van der Waals surface area (Å²) in [7, 11) is 0. The van der Waals surface area contributed by atoms with E-state index in [0.29, 0.717) is 5.88 Å². The summed E-state index contributed by atoms with van der Waals surface area (Å²) < 4.78 is 5.44. The van der Waals surface area contributed by atoms with Crippen LogP contribution in [0.15, 0.2) is 24.3 Å². The molecule has 100 valence electrons. The summed E-state index contributed by atoms with van der Waals surface area (Å²) in [6.07, 6.45) is 1.67. The summed E-state index contributed by atoms with van der Waals surface area (Å²) in [6, 6.07) is 7.83. The Labute approximate surface area is 114 Å². The Morgan fingerprint density at radius 2 is 1.94 bits per heavy atom. The summed E-state index contributed by atoms with van der Waals surface area (Å²) in [5.74, 6) is 0.583. The smallest absolute Gasteiger partial charge is 0.415 e. The molecule has 0 fully saturated rings. The fourth-order valence-corrected chi connectivity index (χ4v) is 2.04. The van der Waals surface area contributed by atoms with Crippen molar-refractivity contribution in [2.45, 2.75) is 33.3 Å². The van der Waals surface area contributed by atoms with Gasteiger partial charge < -0.3 is 4.74 Å². The molecular weight excluding hydrogens is 246 g/mol. The molecule has 0 unspecified atom stereocenters. The molecule has 18 heavy (non-hydrogen) atoms. The van der Waals surface area contributed by atoms with Crippen molar-refractivity contribution in [3.8, 4) is 0 Å². The number of hydrogen-bond acceptors (Lipinski definition) is 3. The van der Waals surface area contributed by atoms with Crippen LogP contribution in [0.2, 0.25) is 0 Å². The molecule has 0 N–H and O–H groups in total. The molecule has 0 atom stereocenters. The second-order valence-corrected chi connectivity index (χ2v) is 5.95. The van der Waals surface area contributed by atoms with E-state index in [4.69, 9.17) is 4.74 Å². The molecule has 4 heteroatoms. The van der Waals surface area contributed by atoms with Gasteiger partial charge in [0.05, 0.1) is 11.6 Å². The van der Waals surface area contributed by atoms with Gasteiger partial charge in [-0.05, 0) is 45.6 Å². The van der Waals surface area contributed by atoms with Gasteiger partial charge in [0.25, 0.3) is 0 Å². The van der Waals surface area contributed by atoms with E-state index in [2.05, 4.69) is 0 Å². The number of benzene rings is 1. The molecule has 3 nitrogen and oxygen atoms in total. The van der Waals surface area contributed by atoms with Crippen LogP contribution in [0.1, 0.15) is 26.3 Å². The number of ether oxygens (including phenoxy) is 1. The fraction of sp³-hybridized carbons (Fsp3) is 0.500. The molecule has 0 aliphatic rings. The number of anilines is 1. The highest BCUT2D eigenvalue weighted by atomic mass is 32.2. The zero-order valence-corrected chi connectivity index (χ0v) is 12.5. The molecule has 0 spiro atoms. The number of carbonyl (C=O) groups is 1. The highest BCUT2D eigenvalue weighted by Crippen LogP contribution is 2.23. The van der Waals surface area contributed by atoms with Crippen molar-refractivity contribution in [1.82, 2.24) is 0 Å². The van der Waals surface area contributed by atoms with Crippen LogP contribution in [-0.4, -0.2) is 23.8 Å². The molecule has 1 aromatic rings. The van der Waals surface area contributed by atoms with Crippen LogP contribution < -0.4 is 4.90 Å². The van der Waals surface area contributed by atoms with Gasteiger partial charge in [-0.3, -0.25) is 4.90 Å². The summed E-state index contributed by atoms with van der Waals surface area (Å²) in [4.78, 5) is 13.9. The van der Waals surface area contributed by atoms with Crippen molar-refractivity contribution < 1.29 is 9.53 Å². The van der Waals surface area contributed by atoms with Crippen LogP contribution in [0.3, 0.4) is 0 Å². The lowest BCUT2D eigenvalue weighted by atomic mass is 10.2. The number of thioether (sulfide) groups is 1. The first kappa shape index (κ1) is 14.9. The number of nitrogens with zero attached hydrogens (tertiary/aromatic N) is 1. The van der Waals surface area contributed by atoms with E-state index in [-0.39, 0.29) is 6.09 Å². The lowest BCUT2D eigenvalue weighted by Crippen LogP contribution is -2.37. The van der Waals surface area contributed by atoms with E-state index >= 15 is 0 Å². The van der Waals surface area contributed by atoms with Gasteiger partial charge in [0, 0.05) is 0 Å². The van der Waals surface area contributed by atoms with Gasteiger partial charge in [-0.15, -0.1) is 11.8 Å². The molecule has 1 aromatic carbocycles. The maximum atomic E-state index is 12.2. The van der Waals surface area contributed by atoms with Gasteiger partial charge in [-0.1, -0.05) is 18.2 Å². The largest absolute Gasteiger partial charge is 0.443 e. The summed E-state index contributed by atoms with van der Waals surface area (Å²) in [5, 5.41) is 0. The van der Waals surface area contributed by atoms with Crippen LogP contribution in [-0.2, 0) is 4.74 Å². The second-order valence-electron chi connectivity index (χ2n) is 5.11. The van der Waals surface area contributed by atoms with Gasteiger partial charge in [0.1, 0.15) is 5.60 Å². The summed E-state index contributed by atoms with van der Waals surface area (Å²) >= 11 is 1.59. The van der Waals surface area contributed by atoms with Crippen LogP contribution in [0.4, 0.5) is 10.5 Å². The van der Waals surface area contributed by atoms with Gasteiger partial charge in [-0.2, -0.15) is 0 Å². The highest BCUT2D eigenvalue weighted by Gasteiger charge is 2.23. The average Bonchev–Trinajstić information content (AvgIpc) is 2.24. The van der Waals surface area contributed by atoms with Crippen molar-refractivity contribution in [3.05, 3.63) is 29.8 Å². The Kier molecular flexibility index (Phi) is 5.08. The van der Waals surface area contributed by atoms with Gasteiger partial charge in [-0.25, -0.2) is 4.79 Å². The molecule has 0 heterocycles. The normalized spacial score (nSPS) is 11.2. The van der Waals surface area contributed by atoms with Crippen LogP contribution in [0.5, 0.6) is 0 Å². The Morgan fingerprint density at radius 3 is 2.44 bits per heavy atom. The number of hydrogen-bond donors (Lipinski definition) is 0. The quantitative estimate of drug-likeness (QED) is 0.774. The molecular formula is C14H21NO2S. The van der Waals surface area contributed by atoms with Crippen LogP contribution in [0.25, 0.3) is 0 Å². The summed E-state index contributed by atoms with van der Waals surface area (Å²) in [5.41, 5.74) is 1.50. The predicted molar refractivity (Wildman–Crippen MR) is 78.3 cm³/mol. The van der Waals surface area contributed by atoms with Crippen LogP contribution >= 0.6 is 11.8 Å². The Hall–Kier alpha value is -1.16. The van der Waals surface area contributed by atoms with Crippen molar-refractivity contribution in [2.75, 3.05) is 17.0 Å². The molecule has 1 rings (SSSR count). The number of rotatable bonds is 3. The standard InChI is InChI=1S/C14H21NO2S/c1-11-8-6-7-9-12(11)15(10-18-5)13(16)17-14(2,3)4/h6-9H,10H2,1-5H3. The SMILES string of the molecule is CSCN(C(=O)OC(C)(C)C)c1ccccc1C. The van der Waals surface area contributed by atoms with E-state index in [1.807, 2.05) is 58.2 Å². The first-order chi connectivity index (χ1) is 8.35. The Balaban J connectivity index is 2.96. The molecule has 1 amide bonds. The predicted octanol–water partition coefficient (Wildman–Crippen LogP) is 4.06. The topological polar surface area (TPSA) is 29.5 Å².